The van der Waals surface area contributed by atoms with E-state index in [1.54, 1.807) is 13.3 Å². The third-order valence-electron chi connectivity index (χ3n) is 4.59. The maximum absolute atomic E-state index is 12.5. The Labute approximate surface area is 148 Å². The van der Waals surface area contributed by atoms with Gasteiger partial charge in [0.15, 0.2) is 0 Å². The first-order valence-electron chi connectivity index (χ1n) is 8.69. The molecule has 0 aliphatic carbocycles. The Hall–Kier alpha value is -2.34. The molecule has 6 nitrogen and oxygen atoms in total. The second-order valence-corrected chi connectivity index (χ2v) is 6.34. The molecule has 1 fully saturated rings. The van der Waals surface area contributed by atoms with Crippen molar-refractivity contribution in [3.8, 4) is 5.75 Å². The molecule has 1 aromatic heterocycles. The second-order valence-electron chi connectivity index (χ2n) is 6.34. The molecule has 0 bridgehead atoms. The number of nitrogens with one attached hydrogen (secondary N) is 1. The summed E-state index contributed by atoms with van der Waals surface area (Å²) in [5, 5.41) is 3.12. The van der Waals surface area contributed by atoms with Crippen LogP contribution < -0.4 is 10.1 Å². The van der Waals surface area contributed by atoms with E-state index in [1.807, 2.05) is 42.1 Å². The van der Waals surface area contributed by atoms with Crippen molar-refractivity contribution in [3.63, 3.8) is 0 Å². The number of benzene rings is 1. The molecule has 0 spiro atoms. The van der Waals surface area contributed by atoms with Crippen LogP contribution in [-0.2, 0) is 16.6 Å². The monoisotopic (exact) mass is 343 g/mol. The highest BCUT2D eigenvalue weighted by Crippen LogP contribution is 2.23. The summed E-state index contributed by atoms with van der Waals surface area (Å²) in [5.74, 6) is 1.60. The highest BCUT2D eigenvalue weighted by atomic mass is 16.5. The lowest BCUT2D eigenvalue weighted by Gasteiger charge is -2.20. The Balaban J connectivity index is 1.71. The van der Waals surface area contributed by atoms with Crippen molar-refractivity contribution in [3.05, 3.63) is 48.0 Å². The lowest BCUT2D eigenvalue weighted by Crippen LogP contribution is -2.31. The summed E-state index contributed by atoms with van der Waals surface area (Å²) in [6.07, 6.45) is 7.21. The SMILES string of the molecule is COc1ccc([C@H](NC(=O)CC[C@H]2CCCO2)c2nccn2C)cc1. The largest absolute Gasteiger partial charge is 0.497 e. The van der Waals surface area contributed by atoms with Gasteiger partial charge in [-0.25, -0.2) is 4.98 Å². The topological polar surface area (TPSA) is 65.4 Å². The first kappa shape index (κ1) is 17.5. The van der Waals surface area contributed by atoms with Crippen molar-refractivity contribution in [2.45, 2.75) is 37.8 Å². The summed E-state index contributed by atoms with van der Waals surface area (Å²) < 4.78 is 12.7. The fraction of sp³-hybridized carbons (Fsp3) is 0.474. The Morgan fingerprint density at radius 3 is 2.84 bits per heavy atom. The number of amides is 1. The summed E-state index contributed by atoms with van der Waals surface area (Å²) in [5.41, 5.74) is 0.973. The molecular weight excluding hydrogens is 318 g/mol. The number of carbonyl (C=O) groups is 1. The van der Waals surface area contributed by atoms with Crippen LogP contribution in [0.4, 0.5) is 0 Å². The summed E-state index contributed by atoms with van der Waals surface area (Å²) >= 11 is 0. The number of imidazole rings is 1. The van der Waals surface area contributed by atoms with Gasteiger partial charge in [-0.05, 0) is 37.0 Å². The molecule has 1 aliphatic rings. The quantitative estimate of drug-likeness (QED) is 0.839. The Morgan fingerprint density at radius 1 is 1.44 bits per heavy atom. The van der Waals surface area contributed by atoms with Crippen molar-refractivity contribution in [2.75, 3.05) is 13.7 Å². The van der Waals surface area contributed by atoms with Gasteiger partial charge in [0, 0.05) is 32.5 Å². The maximum atomic E-state index is 12.5. The van der Waals surface area contributed by atoms with Crippen LogP contribution in [0.25, 0.3) is 0 Å². The first-order chi connectivity index (χ1) is 12.2. The number of methoxy groups -OCH3 is 1. The van der Waals surface area contributed by atoms with Crippen molar-refractivity contribution in [2.24, 2.45) is 7.05 Å². The van der Waals surface area contributed by atoms with Gasteiger partial charge in [-0.1, -0.05) is 12.1 Å². The Bertz CT molecular complexity index is 690. The minimum atomic E-state index is -0.289. The van der Waals surface area contributed by atoms with Crippen LogP contribution in [0, 0.1) is 0 Å². The second kappa shape index (κ2) is 8.16. The van der Waals surface area contributed by atoms with E-state index >= 15 is 0 Å². The zero-order valence-corrected chi connectivity index (χ0v) is 14.8. The third kappa shape index (κ3) is 4.39. The number of ether oxygens (including phenoxy) is 2. The van der Waals surface area contributed by atoms with Crippen LogP contribution in [-0.4, -0.2) is 35.3 Å². The molecule has 3 rings (SSSR count). The van der Waals surface area contributed by atoms with Crippen molar-refractivity contribution in [1.29, 1.82) is 0 Å². The predicted octanol–water partition coefficient (Wildman–Crippen LogP) is 2.59. The number of aromatic nitrogens is 2. The molecule has 1 saturated heterocycles. The molecule has 1 aliphatic heterocycles. The van der Waals surface area contributed by atoms with Crippen LogP contribution in [0.1, 0.15) is 43.1 Å². The number of rotatable bonds is 7. The van der Waals surface area contributed by atoms with Gasteiger partial charge in [0.2, 0.25) is 5.91 Å². The predicted molar refractivity (Wildman–Crippen MR) is 94.4 cm³/mol. The molecule has 1 aromatic carbocycles. The van der Waals surface area contributed by atoms with E-state index < -0.39 is 0 Å². The molecule has 0 unspecified atom stereocenters. The minimum absolute atomic E-state index is 0.0133. The maximum Gasteiger partial charge on any atom is 0.220 e. The van der Waals surface area contributed by atoms with Gasteiger partial charge >= 0.3 is 0 Å². The van der Waals surface area contributed by atoms with Gasteiger partial charge in [-0.15, -0.1) is 0 Å². The zero-order chi connectivity index (χ0) is 17.6. The van der Waals surface area contributed by atoms with E-state index in [0.29, 0.717) is 6.42 Å². The average Bonchev–Trinajstić information content (AvgIpc) is 3.30. The highest BCUT2D eigenvalue weighted by Gasteiger charge is 2.22. The number of nitrogens with zero attached hydrogens (tertiary/aromatic N) is 2. The lowest BCUT2D eigenvalue weighted by molar-refractivity contribution is -0.122. The molecule has 1 amide bonds. The smallest absolute Gasteiger partial charge is 0.220 e. The molecule has 2 heterocycles. The van der Waals surface area contributed by atoms with Gasteiger partial charge < -0.3 is 19.4 Å². The van der Waals surface area contributed by atoms with Crippen LogP contribution in [0.3, 0.4) is 0 Å². The van der Waals surface area contributed by atoms with Crippen LogP contribution in [0.5, 0.6) is 5.75 Å². The Morgan fingerprint density at radius 2 is 2.24 bits per heavy atom. The summed E-state index contributed by atoms with van der Waals surface area (Å²) in [6, 6.07) is 7.41. The fourth-order valence-corrected chi connectivity index (χ4v) is 3.15. The highest BCUT2D eigenvalue weighted by molar-refractivity contribution is 5.76. The van der Waals surface area contributed by atoms with Gasteiger partial charge in [-0.3, -0.25) is 4.79 Å². The average molecular weight is 343 g/mol. The summed E-state index contributed by atoms with van der Waals surface area (Å²) in [7, 11) is 3.56. The van der Waals surface area contributed by atoms with Gasteiger partial charge in [-0.2, -0.15) is 0 Å². The molecule has 25 heavy (non-hydrogen) atoms. The molecule has 2 atom stereocenters. The standard InChI is InChI=1S/C19H25N3O3/c1-22-12-11-20-19(22)18(14-5-7-15(24-2)8-6-14)21-17(23)10-9-16-4-3-13-25-16/h5-8,11-12,16,18H,3-4,9-10,13H2,1-2H3,(H,21,23)/t16-,18+/m1/s1. The van der Waals surface area contributed by atoms with E-state index in [2.05, 4.69) is 10.3 Å². The summed E-state index contributed by atoms with van der Waals surface area (Å²) in [4.78, 5) is 16.9. The number of carbonyl (C=O) groups excluding carboxylic acids is 1. The van der Waals surface area contributed by atoms with E-state index in [1.165, 1.54) is 0 Å². The molecule has 1 N–H and O–H groups in total. The van der Waals surface area contributed by atoms with E-state index in [4.69, 9.17) is 9.47 Å². The molecular formula is C19H25N3O3. The van der Waals surface area contributed by atoms with Crippen LogP contribution in [0.15, 0.2) is 36.7 Å². The Kier molecular flexibility index (Phi) is 5.71. The lowest BCUT2D eigenvalue weighted by atomic mass is 10.0. The third-order valence-corrected chi connectivity index (χ3v) is 4.59. The van der Waals surface area contributed by atoms with Gasteiger partial charge in [0.25, 0.3) is 0 Å². The van der Waals surface area contributed by atoms with Crippen molar-refractivity contribution < 1.29 is 14.3 Å². The molecule has 134 valence electrons. The summed E-state index contributed by atoms with van der Waals surface area (Å²) in [6.45, 7) is 0.814. The fourth-order valence-electron chi connectivity index (χ4n) is 3.15. The number of hydrogen-bond donors (Lipinski definition) is 1. The van der Waals surface area contributed by atoms with Crippen molar-refractivity contribution >= 4 is 5.91 Å². The number of hydrogen-bond acceptors (Lipinski definition) is 4. The normalized spacial score (nSPS) is 18.1. The van der Waals surface area contributed by atoms with Crippen molar-refractivity contribution in [1.82, 2.24) is 14.9 Å². The molecule has 2 aromatic rings. The zero-order valence-electron chi connectivity index (χ0n) is 14.8. The van der Waals surface area contributed by atoms with E-state index in [-0.39, 0.29) is 18.1 Å². The van der Waals surface area contributed by atoms with Crippen LogP contribution in [0.2, 0.25) is 0 Å². The number of aryl methyl sites for hydroxylation is 1. The molecule has 0 radical (unpaired) electrons. The molecule has 0 saturated carbocycles. The first-order valence-corrected chi connectivity index (χ1v) is 8.69. The van der Waals surface area contributed by atoms with E-state index in [0.717, 1.165) is 43.0 Å². The van der Waals surface area contributed by atoms with Gasteiger partial charge in [0.05, 0.1) is 13.2 Å². The van der Waals surface area contributed by atoms with Gasteiger partial charge in [0.1, 0.15) is 17.6 Å². The van der Waals surface area contributed by atoms with Crippen LogP contribution >= 0.6 is 0 Å². The molecule has 6 heteroatoms. The van der Waals surface area contributed by atoms with E-state index in [9.17, 15) is 4.79 Å². The minimum Gasteiger partial charge on any atom is -0.497 e.